The van der Waals surface area contributed by atoms with Crippen LogP contribution in [0, 0.1) is 6.92 Å². The lowest BCUT2D eigenvalue weighted by Crippen LogP contribution is -2.53. The number of aryl methyl sites for hydroxylation is 1. The third-order valence-corrected chi connectivity index (χ3v) is 5.97. The van der Waals surface area contributed by atoms with E-state index in [0.29, 0.717) is 17.7 Å². The number of rotatable bonds is 11. The standard InChI is InChI=1S/C28H39N3O5S/c1-6-7-10-16-31(26(34)23(18-37)30-27(35)36-28(3,4)5)24(20-13-11-14-21(32)17-20)25(33)29-22-15-9-8-12-19(22)2/h8-9,11-15,17,23-24,32,37H,6-7,10,16,18H2,1-5H3,(H,29,33)(H,30,35). The molecule has 2 atom stereocenters. The molecule has 9 heteroatoms. The molecule has 0 bridgehead atoms. The van der Waals surface area contributed by atoms with Gasteiger partial charge in [0.05, 0.1) is 0 Å². The molecule has 0 heterocycles. The van der Waals surface area contributed by atoms with E-state index >= 15 is 0 Å². The highest BCUT2D eigenvalue weighted by molar-refractivity contribution is 7.80. The number of para-hydroxylation sites is 1. The molecular weight excluding hydrogens is 490 g/mol. The van der Waals surface area contributed by atoms with Crippen molar-refractivity contribution in [2.24, 2.45) is 0 Å². The van der Waals surface area contributed by atoms with Crippen LogP contribution in [0.5, 0.6) is 5.75 Å². The van der Waals surface area contributed by atoms with E-state index in [1.807, 2.05) is 32.0 Å². The summed E-state index contributed by atoms with van der Waals surface area (Å²) in [5.74, 6) is -0.913. The molecule has 0 aliphatic heterocycles. The minimum Gasteiger partial charge on any atom is -0.508 e. The van der Waals surface area contributed by atoms with Gasteiger partial charge in [-0.2, -0.15) is 12.6 Å². The molecule has 8 nitrogen and oxygen atoms in total. The molecule has 0 saturated heterocycles. The Bertz CT molecular complexity index is 1070. The monoisotopic (exact) mass is 529 g/mol. The minimum absolute atomic E-state index is 0.00846. The maximum atomic E-state index is 13.9. The van der Waals surface area contributed by atoms with Crippen molar-refractivity contribution in [1.29, 1.82) is 0 Å². The molecule has 37 heavy (non-hydrogen) atoms. The Morgan fingerprint density at radius 1 is 1.08 bits per heavy atom. The number of phenolic OH excluding ortho intramolecular Hbond substituents is 1. The van der Waals surface area contributed by atoms with Crippen molar-refractivity contribution in [2.75, 3.05) is 17.6 Å². The summed E-state index contributed by atoms with van der Waals surface area (Å²) in [6.07, 6.45) is 1.68. The molecule has 3 N–H and O–H groups in total. The molecule has 2 unspecified atom stereocenters. The molecule has 0 spiro atoms. The smallest absolute Gasteiger partial charge is 0.408 e. The van der Waals surface area contributed by atoms with Crippen LogP contribution in [0.3, 0.4) is 0 Å². The van der Waals surface area contributed by atoms with Gasteiger partial charge in [-0.15, -0.1) is 0 Å². The van der Waals surface area contributed by atoms with E-state index in [1.165, 1.54) is 17.0 Å². The maximum Gasteiger partial charge on any atom is 0.408 e. The second-order valence-electron chi connectivity index (χ2n) is 9.92. The van der Waals surface area contributed by atoms with Crippen molar-refractivity contribution in [2.45, 2.75) is 71.6 Å². The fourth-order valence-electron chi connectivity index (χ4n) is 3.82. The van der Waals surface area contributed by atoms with Crippen LogP contribution < -0.4 is 10.6 Å². The van der Waals surface area contributed by atoms with E-state index in [2.05, 4.69) is 23.3 Å². The number of amides is 3. The predicted molar refractivity (Wildman–Crippen MR) is 149 cm³/mol. The molecule has 2 rings (SSSR count). The summed E-state index contributed by atoms with van der Waals surface area (Å²) in [5, 5.41) is 15.7. The number of alkyl carbamates (subject to hydrolysis) is 1. The van der Waals surface area contributed by atoms with Gasteiger partial charge in [-0.1, -0.05) is 50.1 Å². The van der Waals surface area contributed by atoms with Gasteiger partial charge >= 0.3 is 6.09 Å². The number of benzene rings is 2. The third-order valence-electron chi connectivity index (χ3n) is 5.61. The van der Waals surface area contributed by atoms with Crippen LogP contribution in [-0.2, 0) is 14.3 Å². The van der Waals surface area contributed by atoms with Crippen molar-refractivity contribution in [3.63, 3.8) is 0 Å². The van der Waals surface area contributed by atoms with Gasteiger partial charge in [0.2, 0.25) is 5.91 Å². The number of nitrogens with one attached hydrogen (secondary N) is 2. The molecule has 0 saturated carbocycles. The highest BCUT2D eigenvalue weighted by Crippen LogP contribution is 2.28. The number of phenols is 1. The molecular formula is C28H39N3O5S. The average molecular weight is 530 g/mol. The lowest BCUT2D eigenvalue weighted by molar-refractivity contribution is -0.140. The van der Waals surface area contributed by atoms with Gasteiger partial charge in [-0.3, -0.25) is 9.59 Å². The molecule has 0 radical (unpaired) electrons. The molecule has 0 fully saturated rings. The number of unbranched alkanes of at least 4 members (excludes halogenated alkanes) is 2. The largest absolute Gasteiger partial charge is 0.508 e. The van der Waals surface area contributed by atoms with Gasteiger partial charge in [-0.05, 0) is 63.4 Å². The SMILES string of the molecule is CCCCCN(C(=O)C(CS)NC(=O)OC(C)(C)C)C(C(=O)Nc1ccccc1C)c1cccc(O)c1. The molecule has 2 aromatic carbocycles. The highest BCUT2D eigenvalue weighted by atomic mass is 32.1. The summed E-state index contributed by atoms with van der Waals surface area (Å²) in [6, 6.07) is 11.6. The Hall–Kier alpha value is -3.20. The first-order valence-electron chi connectivity index (χ1n) is 12.5. The van der Waals surface area contributed by atoms with Gasteiger partial charge in [-0.25, -0.2) is 4.79 Å². The van der Waals surface area contributed by atoms with Crippen molar-refractivity contribution < 1.29 is 24.2 Å². The van der Waals surface area contributed by atoms with Gasteiger partial charge in [0.1, 0.15) is 23.4 Å². The number of nitrogens with zero attached hydrogens (tertiary/aromatic N) is 1. The van der Waals surface area contributed by atoms with Crippen molar-refractivity contribution >= 4 is 36.2 Å². The van der Waals surface area contributed by atoms with Crippen LogP contribution in [0.2, 0.25) is 0 Å². The molecule has 3 amide bonds. The van der Waals surface area contributed by atoms with Gasteiger partial charge in [0, 0.05) is 18.0 Å². The highest BCUT2D eigenvalue weighted by Gasteiger charge is 2.36. The van der Waals surface area contributed by atoms with Crippen molar-refractivity contribution in [3.8, 4) is 5.75 Å². The summed E-state index contributed by atoms with van der Waals surface area (Å²) in [4.78, 5) is 41.5. The quantitative estimate of drug-likeness (QED) is 0.236. The molecule has 0 aromatic heterocycles. The van der Waals surface area contributed by atoms with Crippen LogP contribution in [-0.4, -0.2) is 51.9 Å². The second kappa shape index (κ2) is 13.9. The number of ether oxygens (including phenoxy) is 1. The molecule has 202 valence electrons. The van der Waals surface area contributed by atoms with Crippen LogP contribution in [0.1, 0.15) is 64.1 Å². The summed E-state index contributed by atoms with van der Waals surface area (Å²) >= 11 is 4.30. The maximum absolute atomic E-state index is 13.9. The number of hydrogen-bond donors (Lipinski definition) is 4. The Kier molecular flexibility index (Phi) is 11.3. The van der Waals surface area contributed by atoms with Gasteiger partial charge in [0.25, 0.3) is 5.91 Å². The van der Waals surface area contributed by atoms with Crippen LogP contribution in [0.15, 0.2) is 48.5 Å². The second-order valence-corrected chi connectivity index (χ2v) is 10.3. The van der Waals surface area contributed by atoms with E-state index in [0.717, 1.165) is 18.4 Å². The fourth-order valence-corrected chi connectivity index (χ4v) is 4.06. The average Bonchev–Trinajstić information content (AvgIpc) is 2.82. The topological polar surface area (TPSA) is 108 Å². The van der Waals surface area contributed by atoms with E-state index in [1.54, 1.807) is 39.0 Å². The first-order valence-corrected chi connectivity index (χ1v) is 13.2. The Morgan fingerprint density at radius 3 is 2.38 bits per heavy atom. The molecule has 0 aliphatic carbocycles. The first kappa shape index (κ1) is 30.0. The summed E-state index contributed by atoms with van der Waals surface area (Å²) in [5.41, 5.74) is 1.20. The minimum atomic E-state index is -1.06. The summed E-state index contributed by atoms with van der Waals surface area (Å²) in [7, 11) is 0. The summed E-state index contributed by atoms with van der Waals surface area (Å²) < 4.78 is 5.33. The first-order chi connectivity index (χ1) is 17.5. The van der Waals surface area contributed by atoms with Gasteiger partial charge < -0.3 is 25.4 Å². The zero-order valence-corrected chi connectivity index (χ0v) is 23.2. The van der Waals surface area contributed by atoms with E-state index in [9.17, 15) is 19.5 Å². The number of carbonyl (C=O) groups excluding carboxylic acids is 3. The van der Waals surface area contributed by atoms with E-state index in [4.69, 9.17) is 4.74 Å². The van der Waals surface area contributed by atoms with Crippen LogP contribution in [0.25, 0.3) is 0 Å². The zero-order chi connectivity index (χ0) is 27.6. The van der Waals surface area contributed by atoms with E-state index in [-0.39, 0.29) is 18.0 Å². The Labute approximate surface area is 225 Å². The molecule has 0 aliphatic rings. The fraction of sp³-hybridized carbons (Fsp3) is 0.464. The number of thiol groups is 1. The third kappa shape index (κ3) is 9.31. The molecule has 2 aromatic rings. The summed E-state index contributed by atoms with van der Waals surface area (Å²) in [6.45, 7) is 9.39. The normalized spacial score (nSPS) is 12.8. The number of aromatic hydroxyl groups is 1. The van der Waals surface area contributed by atoms with Gasteiger partial charge in [0.15, 0.2) is 0 Å². The number of anilines is 1. The zero-order valence-electron chi connectivity index (χ0n) is 22.3. The van der Waals surface area contributed by atoms with Crippen LogP contribution >= 0.6 is 12.6 Å². The Balaban J connectivity index is 2.48. The van der Waals surface area contributed by atoms with Crippen molar-refractivity contribution in [1.82, 2.24) is 10.2 Å². The lowest BCUT2D eigenvalue weighted by Gasteiger charge is -2.34. The number of carbonyl (C=O) groups is 3. The lowest BCUT2D eigenvalue weighted by atomic mass is 10.0. The Morgan fingerprint density at radius 2 is 1.78 bits per heavy atom. The van der Waals surface area contributed by atoms with E-state index < -0.39 is 35.6 Å². The van der Waals surface area contributed by atoms with Crippen LogP contribution in [0.4, 0.5) is 10.5 Å². The van der Waals surface area contributed by atoms with Crippen molar-refractivity contribution in [3.05, 3.63) is 59.7 Å². The predicted octanol–water partition coefficient (Wildman–Crippen LogP) is 5.22. The number of hydrogen-bond acceptors (Lipinski definition) is 6.